The predicted octanol–water partition coefficient (Wildman–Crippen LogP) is 2.47. The van der Waals surface area contributed by atoms with Gasteiger partial charge in [-0.2, -0.15) is 5.26 Å². The fourth-order valence-electron chi connectivity index (χ4n) is 3.24. The van der Waals surface area contributed by atoms with Crippen molar-refractivity contribution in [2.24, 2.45) is 5.92 Å². The van der Waals surface area contributed by atoms with Crippen LogP contribution in [0.5, 0.6) is 11.5 Å². The quantitative estimate of drug-likeness (QED) is 0.864. The molecule has 7 heteroatoms. The van der Waals surface area contributed by atoms with Gasteiger partial charge in [0.05, 0.1) is 18.7 Å². The van der Waals surface area contributed by atoms with Gasteiger partial charge >= 0.3 is 0 Å². The van der Waals surface area contributed by atoms with Gasteiger partial charge in [0.2, 0.25) is 0 Å². The molecule has 1 saturated heterocycles. The first-order valence-corrected chi connectivity index (χ1v) is 7.51. The van der Waals surface area contributed by atoms with Gasteiger partial charge in [-0.05, 0) is 30.9 Å². The number of nitrogens with zero attached hydrogens (tertiary/aromatic N) is 2. The molecule has 2 N–H and O–H groups in total. The van der Waals surface area contributed by atoms with Crippen LogP contribution in [0.4, 0.5) is 0 Å². The van der Waals surface area contributed by atoms with Crippen LogP contribution in [0.1, 0.15) is 30.0 Å². The summed E-state index contributed by atoms with van der Waals surface area (Å²) in [6.45, 7) is 3.80. The molecule has 0 amide bonds. The maximum atomic E-state index is 10.6. The molecular weight excluding hydrogens is 337 g/mol. The zero-order valence-corrected chi connectivity index (χ0v) is 14.8. The molecule has 0 bridgehead atoms. The standard InChI is InChI=1S/C16H21N3O2.2ClH/c1-21-13-5-4-12(10-17)14(16(13)20)15(11-2-3-11)19-8-6-18-7-9-19;;/h4-5,11,15,18,20H,2-3,6-9H2,1H3;2*1H/t15-;;/m0../s1. The molecule has 5 nitrogen and oxygen atoms in total. The SMILES string of the molecule is COc1ccc(C#N)c([C@H](C2CC2)N2CCNCC2)c1O.Cl.Cl. The maximum Gasteiger partial charge on any atom is 0.163 e. The molecule has 2 fully saturated rings. The van der Waals surface area contributed by atoms with E-state index in [1.807, 2.05) is 0 Å². The average molecular weight is 360 g/mol. The fraction of sp³-hybridized carbons (Fsp3) is 0.562. The Morgan fingerprint density at radius 1 is 1.30 bits per heavy atom. The number of nitriles is 1. The van der Waals surface area contributed by atoms with Crippen LogP contribution >= 0.6 is 24.8 Å². The van der Waals surface area contributed by atoms with E-state index in [9.17, 15) is 10.4 Å². The first kappa shape index (κ1) is 19.9. The first-order chi connectivity index (χ1) is 10.3. The van der Waals surface area contributed by atoms with Crippen molar-refractivity contribution in [3.8, 4) is 17.6 Å². The Kier molecular flexibility index (Phi) is 7.43. The molecule has 1 heterocycles. The Hall–Kier alpha value is -1.19. The van der Waals surface area contributed by atoms with E-state index in [2.05, 4.69) is 16.3 Å². The molecule has 1 aromatic carbocycles. The van der Waals surface area contributed by atoms with E-state index in [-0.39, 0.29) is 36.6 Å². The fourth-order valence-corrected chi connectivity index (χ4v) is 3.24. The minimum Gasteiger partial charge on any atom is -0.504 e. The summed E-state index contributed by atoms with van der Waals surface area (Å²) in [5.41, 5.74) is 1.31. The number of ether oxygens (including phenoxy) is 1. The lowest BCUT2D eigenvalue weighted by Gasteiger charge is -2.36. The summed E-state index contributed by atoms with van der Waals surface area (Å²) < 4.78 is 5.23. The van der Waals surface area contributed by atoms with Gasteiger partial charge in [0.15, 0.2) is 11.5 Å². The lowest BCUT2D eigenvalue weighted by Crippen LogP contribution is -2.45. The molecule has 1 saturated carbocycles. The second-order valence-electron chi connectivity index (χ2n) is 5.76. The van der Waals surface area contributed by atoms with Crippen LogP contribution in [0.15, 0.2) is 12.1 Å². The van der Waals surface area contributed by atoms with Gasteiger partial charge in [-0.25, -0.2) is 0 Å². The molecule has 0 aromatic heterocycles. The number of benzene rings is 1. The largest absolute Gasteiger partial charge is 0.504 e. The molecule has 1 atom stereocenters. The van der Waals surface area contributed by atoms with E-state index in [4.69, 9.17) is 4.74 Å². The molecule has 1 aliphatic heterocycles. The molecular formula is C16H23Cl2N3O2. The maximum absolute atomic E-state index is 10.6. The van der Waals surface area contributed by atoms with Crippen LogP contribution in [-0.4, -0.2) is 43.3 Å². The Bertz CT molecular complexity index is 567. The van der Waals surface area contributed by atoms with Crippen molar-refractivity contribution >= 4 is 24.8 Å². The summed E-state index contributed by atoms with van der Waals surface area (Å²) in [6.07, 6.45) is 2.33. The van der Waals surface area contributed by atoms with Gasteiger partial charge < -0.3 is 15.2 Å². The van der Waals surface area contributed by atoms with Crippen LogP contribution in [-0.2, 0) is 0 Å². The van der Waals surface area contributed by atoms with Crippen molar-refractivity contribution in [1.29, 1.82) is 5.26 Å². The van der Waals surface area contributed by atoms with Crippen LogP contribution in [0, 0.1) is 17.2 Å². The molecule has 1 aromatic rings. The molecule has 0 radical (unpaired) electrons. The van der Waals surface area contributed by atoms with Gasteiger partial charge in [-0.3, -0.25) is 4.90 Å². The summed E-state index contributed by atoms with van der Waals surface area (Å²) in [5, 5.41) is 23.3. The molecule has 128 valence electrons. The third-order valence-electron chi connectivity index (χ3n) is 4.43. The third-order valence-corrected chi connectivity index (χ3v) is 4.43. The topological polar surface area (TPSA) is 68.5 Å². The van der Waals surface area contributed by atoms with Crippen molar-refractivity contribution in [3.05, 3.63) is 23.3 Å². The Labute approximate surface area is 149 Å². The number of methoxy groups -OCH3 is 1. The highest BCUT2D eigenvalue weighted by atomic mass is 35.5. The van der Waals surface area contributed by atoms with Gasteiger partial charge in [0.1, 0.15) is 0 Å². The molecule has 0 spiro atoms. The van der Waals surface area contributed by atoms with E-state index in [1.165, 1.54) is 0 Å². The summed E-state index contributed by atoms with van der Waals surface area (Å²) in [5.74, 6) is 1.12. The first-order valence-electron chi connectivity index (χ1n) is 7.51. The number of hydrogen-bond donors (Lipinski definition) is 2. The van der Waals surface area contributed by atoms with Crippen molar-refractivity contribution in [2.75, 3.05) is 33.3 Å². The van der Waals surface area contributed by atoms with Crippen LogP contribution in [0.25, 0.3) is 0 Å². The van der Waals surface area contributed by atoms with Crippen molar-refractivity contribution in [1.82, 2.24) is 10.2 Å². The zero-order chi connectivity index (χ0) is 14.8. The summed E-state index contributed by atoms with van der Waals surface area (Å²) in [4.78, 5) is 2.39. The minimum atomic E-state index is 0. The van der Waals surface area contributed by atoms with Crippen LogP contribution < -0.4 is 10.1 Å². The summed E-state index contributed by atoms with van der Waals surface area (Å²) in [6, 6.07) is 5.78. The van der Waals surface area contributed by atoms with Crippen molar-refractivity contribution < 1.29 is 9.84 Å². The van der Waals surface area contributed by atoms with Gasteiger partial charge in [0.25, 0.3) is 0 Å². The minimum absolute atomic E-state index is 0. The number of phenols is 1. The number of hydrogen-bond acceptors (Lipinski definition) is 5. The van der Waals surface area contributed by atoms with E-state index in [0.717, 1.165) is 44.6 Å². The lowest BCUT2D eigenvalue weighted by atomic mass is 9.94. The normalized spacial score (nSPS) is 19.0. The number of aromatic hydroxyl groups is 1. The van der Waals surface area contributed by atoms with E-state index < -0.39 is 0 Å². The summed E-state index contributed by atoms with van der Waals surface area (Å²) >= 11 is 0. The number of halogens is 2. The van der Waals surface area contributed by atoms with Gasteiger partial charge in [-0.15, -0.1) is 24.8 Å². The summed E-state index contributed by atoms with van der Waals surface area (Å²) in [7, 11) is 1.54. The molecule has 2 aliphatic rings. The second kappa shape index (κ2) is 8.60. The zero-order valence-electron chi connectivity index (χ0n) is 13.1. The molecule has 3 rings (SSSR count). The van der Waals surface area contributed by atoms with E-state index >= 15 is 0 Å². The van der Waals surface area contributed by atoms with Crippen LogP contribution in [0.3, 0.4) is 0 Å². The molecule has 0 unspecified atom stereocenters. The number of piperazine rings is 1. The van der Waals surface area contributed by atoms with Crippen molar-refractivity contribution in [2.45, 2.75) is 18.9 Å². The average Bonchev–Trinajstić information content (AvgIpc) is 3.35. The van der Waals surface area contributed by atoms with Gasteiger partial charge in [0, 0.05) is 37.8 Å². The Balaban J connectivity index is 0.00000132. The number of rotatable bonds is 4. The Morgan fingerprint density at radius 2 is 1.96 bits per heavy atom. The molecule has 1 aliphatic carbocycles. The highest BCUT2D eigenvalue weighted by Gasteiger charge is 2.40. The van der Waals surface area contributed by atoms with Crippen LogP contribution in [0.2, 0.25) is 0 Å². The lowest BCUT2D eigenvalue weighted by molar-refractivity contribution is 0.153. The monoisotopic (exact) mass is 359 g/mol. The number of phenolic OH excluding ortho intramolecular Hbond substituents is 1. The highest BCUT2D eigenvalue weighted by Crippen LogP contribution is 2.49. The molecule has 23 heavy (non-hydrogen) atoms. The van der Waals surface area contributed by atoms with Gasteiger partial charge in [-0.1, -0.05) is 0 Å². The van der Waals surface area contributed by atoms with E-state index in [0.29, 0.717) is 17.2 Å². The number of nitrogens with one attached hydrogen (secondary N) is 1. The third kappa shape index (κ3) is 4.02. The second-order valence-corrected chi connectivity index (χ2v) is 5.76. The Morgan fingerprint density at radius 3 is 2.48 bits per heavy atom. The van der Waals surface area contributed by atoms with Crippen molar-refractivity contribution in [3.63, 3.8) is 0 Å². The van der Waals surface area contributed by atoms with E-state index in [1.54, 1.807) is 19.2 Å². The predicted molar refractivity (Wildman–Crippen MR) is 93.8 cm³/mol. The highest BCUT2D eigenvalue weighted by molar-refractivity contribution is 5.85. The smallest absolute Gasteiger partial charge is 0.163 e.